The van der Waals surface area contributed by atoms with Crippen molar-refractivity contribution >= 4 is 39.1 Å². The number of nitrogens with zero attached hydrogens (tertiary/aromatic N) is 1. The molecule has 19 heavy (non-hydrogen) atoms. The van der Waals surface area contributed by atoms with Gasteiger partial charge in [0.15, 0.2) is 0 Å². The number of rotatable bonds is 4. The first-order chi connectivity index (χ1) is 8.95. The van der Waals surface area contributed by atoms with E-state index in [1.165, 1.54) is 15.8 Å². The number of thioether (sulfide) groups is 1. The fraction of sp³-hybridized carbons (Fsp3) is 0.545. The lowest BCUT2D eigenvalue weighted by Crippen LogP contribution is -2.38. The molecule has 1 aromatic heterocycles. The molecule has 1 aliphatic heterocycles. The summed E-state index contributed by atoms with van der Waals surface area (Å²) in [7, 11) is -3.53. The van der Waals surface area contributed by atoms with Crippen molar-refractivity contribution in [3.05, 3.63) is 17.0 Å². The van der Waals surface area contributed by atoms with Crippen molar-refractivity contribution in [2.45, 2.75) is 22.3 Å². The molecule has 0 atom stereocenters. The molecule has 1 aromatic rings. The van der Waals surface area contributed by atoms with Crippen molar-refractivity contribution in [1.29, 1.82) is 0 Å². The zero-order chi connectivity index (χ0) is 14.0. The summed E-state index contributed by atoms with van der Waals surface area (Å²) in [5, 5.41) is 10.7. The first kappa shape index (κ1) is 14.8. The first-order valence-electron chi connectivity index (χ1n) is 5.80. The van der Waals surface area contributed by atoms with Gasteiger partial charge >= 0.3 is 5.97 Å². The summed E-state index contributed by atoms with van der Waals surface area (Å²) in [6.45, 7) is 1.02. The van der Waals surface area contributed by atoms with Gasteiger partial charge < -0.3 is 5.11 Å². The molecule has 0 amide bonds. The number of carboxylic acids is 1. The minimum atomic E-state index is -3.53. The predicted octanol–water partition coefficient (Wildman–Crippen LogP) is 1.96. The van der Waals surface area contributed by atoms with Crippen molar-refractivity contribution in [2.75, 3.05) is 19.3 Å². The van der Waals surface area contributed by atoms with Crippen LogP contribution in [0.3, 0.4) is 0 Å². The zero-order valence-electron chi connectivity index (χ0n) is 10.4. The van der Waals surface area contributed by atoms with Gasteiger partial charge in [0.05, 0.1) is 5.56 Å². The normalized spacial score (nSPS) is 18.6. The van der Waals surface area contributed by atoms with Crippen molar-refractivity contribution in [2.24, 2.45) is 0 Å². The van der Waals surface area contributed by atoms with Crippen molar-refractivity contribution in [1.82, 2.24) is 4.31 Å². The Bertz CT molecular complexity index is 558. The highest BCUT2D eigenvalue weighted by Crippen LogP contribution is 2.28. The highest BCUT2D eigenvalue weighted by molar-refractivity contribution is 7.99. The molecule has 1 N–H and O–H groups in total. The van der Waals surface area contributed by atoms with Crippen molar-refractivity contribution in [3.63, 3.8) is 0 Å². The summed E-state index contributed by atoms with van der Waals surface area (Å²) < 4.78 is 26.3. The van der Waals surface area contributed by atoms with Gasteiger partial charge in [-0.15, -0.1) is 11.3 Å². The molecule has 106 valence electrons. The van der Waals surface area contributed by atoms with Gasteiger partial charge in [0.25, 0.3) is 10.0 Å². The summed E-state index contributed by atoms with van der Waals surface area (Å²) in [6, 6.07) is 1.24. The van der Waals surface area contributed by atoms with Gasteiger partial charge in [0, 0.05) is 23.7 Å². The van der Waals surface area contributed by atoms with Gasteiger partial charge in [-0.2, -0.15) is 16.1 Å². The van der Waals surface area contributed by atoms with Crippen LogP contribution >= 0.6 is 23.1 Å². The van der Waals surface area contributed by atoms with Crippen LogP contribution < -0.4 is 0 Å². The molecule has 0 aromatic carbocycles. The lowest BCUT2D eigenvalue weighted by Gasteiger charge is -2.29. The fourth-order valence-corrected chi connectivity index (χ4v) is 5.46. The third-order valence-corrected chi connectivity index (χ3v) is 7.60. The molecule has 1 saturated heterocycles. The minimum Gasteiger partial charge on any atom is -0.478 e. The van der Waals surface area contributed by atoms with Crippen LogP contribution in [0.4, 0.5) is 0 Å². The van der Waals surface area contributed by atoms with Gasteiger partial charge in [-0.3, -0.25) is 0 Å². The van der Waals surface area contributed by atoms with Crippen LogP contribution in [0.5, 0.6) is 0 Å². The lowest BCUT2D eigenvalue weighted by molar-refractivity contribution is 0.0697. The second-order valence-electron chi connectivity index (χ2n) is 4.30. The molecule has 0 bridgehead atoms. The van der Waals surface area contributed by atoms with E-state index < -0.39 is 16.0 Å². The highest BCUT2D eigenvalue weighted by atomic mass is 32.2. The van der Waals surface area contributed by atoms with Gasteiger partial charge in [-0.1, -0.05) is 0 Å². The smallest absolute Gasteiger partial charge is 0.336 e. The van der Waals surface area contributed by atoms with E-state index in [2.05, 4.69) is 0 Å². The average Bonchev–Trinajstić information content (AvgIpc) is 2.89. The monoisotopic (exact) mass is 321 g/mol. The predicted molar refractivity (Wildman–Crippen MR) is 76.6 cm³/mol. The van der Waals surface area contributed by atoms with Gasteiger partial charge in [-0.05, 0) is 25.2 Å². The standard InChI is InChI=1S/C11H15NO4S3/c1-17-9-2-4-12(5-3-9)19(15,16)10-6-8(7-18-10)11(13)14/h6-7,9H,2-5H2,1H3,(H,13,14). The van der Waals surface area contributed by atoms with E-state index in [0.717, 1.165) is 24.2 Å². The third kappa shape index (κ3) is 3.13. The zero-order valence-corrected chi connectivity index (χ0v) is 12.9. The van der Waals surface area contributed by atoms with Crippen LogP contribution in [0.25, 0.3) is 0 Å². The molecular weight excluding hydrogens is 306 g/mol. The van der Waals surface area contributed by atoms with Gasteiger partial charge in [0.2, 0.25) is 0 Å². The van der Waals surface area contributed by atoms with E-state index in [4.69, 9.17) is 5.11 Å². The largest absolute Gasteiger partial charge is 0.478 e. The van der Waals surface area contributed by atoms with Crippen LogP contribution in [0.1, 0.15) is 23.2 Å². The molecule has 0 aliphatic carbocycles. The summed E-state index contributed by atoms with van der Waals surface area (Å²) in [5.41, 5.74) is 0.0302. The van der Waals surface area contributed by atoms with Crippen LogP contribution in [-0.4, -0.2) is 48.4 Å². The second kappa shape index (κ2) is 5.82. The highest BCUT2D eigenvalue weighted by Gasteiger charge is 2.30. The maximum Gasteiger partial charge on any atom is 0.336 e. The number of thiophene rings is 1. The number of piperidine rings is 1. The number of hydrogen-bond acceptors (Lipinski definition) is 5. The second-order valence-corrected chi connectivity index (χ2v) is 8.51. The van der Waals surface area contributed by atoms with Crippen molar-refractivity contribution < 1.29 is 18.3 Å². The van der Waals surface area contributed by atoms with Crippen LogP contribution in [0, 0.1) is 0 Å². The molecule has 8 heteroatoms. The van der Waals surface area contributed by atoms with E-state index in [1.807, 2.05) is 6.26 Å². The Kier molecular flexibility index (Phi) is 4.54. The summed E-state index contributed by atoms with van der Waals surface area (Å²) >= 11 is 2.73. The Labute approximate surface area is 120 Å². The Morgan fingerprint density at radius 3 is 2.58 bits per heavy atom. The Morgan fingerprint density at radius 1 is 1.47 bits per heavy atom. The van der Waals surface area contributed by atoms with E-state index in [-0.39, 0.29) is 9.77 Å². The van der Waals surface area contributed by atoms with E-state index in [9.17, 15) is 13.2 Å². The van der Waals surface area contributed by atoms with E-state index >= 15 is 0 Å². The van der Waals surface area contributed by atoms with Crippen LogP contribution in [0.15, 0.2) is 15.7 Å². The lowest BCUT2D eigenvalue weighted by atomic mass is 10.2. The van der Waals surface area contributed by atoms with E-state index in [1.54, 1.807) is 11.8 Å². The minimum absolute atomic E-state index is 0.0302. The molecule has 5 nitrogen and oxygen atoms in total. The SMILES string of the molecule is CSC1CCN(S(=O)(=O)c2cc(C(=O)O)cs2)CC1. The molecule has 1 fully saturated rings. The van der Waals surface area contributed by atoms with Crippen molar-refractivity contribution in [3.8, 4) is 0 Å². The fourth-order valence-electron chi connectivity index (χ4n) is 2.00. The number of carboxylic acid groups (broad SMARTS) is 1. The average molecular weight is 321 g/mol. The first-order valence-corrected chi connectivity index (χ1v) is 9.40. The molecule has 0 spiro atoms. The maximum atomic E-state index is 12.4. The summed E-state index contributed by atoms with van der Waals surface area (Å²) in [6.07, 6.45) is 3.72. The third-order valence-electron chi connectivity index (χ3n) is 3.15. The van der Waals surface area contributed by atoms with Crippen LogP contribution in [-0.2, 0) is 10.0 Å². The number of carbonyl (C=O) groups is 1. The topological polar surface area (TPSA) is 74.7 Å². The Balaban J connectivity index is 2.16. The number of hydrogen-bond donors (Lipinski definition) is 1. The molecule has 2 heterocycles. The number of sulfonamides is 1. The molecule has 0 radical (unpaired) electrons. The number of aromatic carboxylic acids is 1. The molecule has 0 saturated carbocycles. The molecule has 1 aliphatic rings. The summed E-state index contributed by atoms with van der Waals surface area (Å²) in [4.78, 5) is 10.8. The molecular formula is C11H15NO4S3. The van der Waals surface area contributed by atoms with E-state index in [0.29, 0.717) is 18.3 Å². The maximum absolute atomic E-state index is 12.4. The Morgan fingerprint density at radius 2 is 2.11 bits per heavy atom. The molecule has 2 rings (SSSR count). The quantitative estimate of drug-likeness (QED) is 0.917. The summed E-state index contributed by atoms with van der Waals surface area (Å²) in [5.74, 6) is -1.10. The van der Waals surface area contributed by atoms with Gasteiger partial charge in [0.1, 0.15) is 4.21 Å². The van der Waals surface area contributed by atoms with Gasteiger partial charge in [-0.25, -0.2) is 13.2 Å². The van der Waals surface area contributed by atoms with Crippen LogP contribution in [0.2, 0.25) is 0 Å². The Hall–Kier alpha value is -0.570. The molecule has 0 unspecified atom stereocenters.